The first-order valence-corrected chi connectivity index (χ1v) is 9.30. The summed E-state index contributed by atoms with van der Waals surface area (Å²) in [7, 11) is 0. The Morgan fingerprint density at radius 1 is 1.33 bits per heavy atom. The van der Waals surface area contributed by atoms with E-state index in [1.165, 1.54) is 29.0 Å². The molecule has 0 bridgehead atoms. The molecule has 154 valence electrons. The summed E-state index contributed by atoms with van der Waals surface area (Å²) in [4.78, 5) is 18.7. The maximum Gasteiger partial charge on any atom is 0.280 e. The van der Waals surface area contributed by atoms with Crippen LogP contribution in [-0.4, -0.2) is 32.0 Å². The number of nitrogens with one attached hydrogen (secondary N) is 1. The molecule has 6 nitrogen and oxygen atoms in total. The molecule has 0 unspecified atom stereocenters. The zero-order valence-electron chi connectivity index (χ0n) is 16.0. The van der Waals surface area contributed by atoms with E-state index in [1.807, 2.05) is 13.0 Å². The molecule has 1 amide bonds. The number of fused-ring (bicyclic) bond motifs is 1. The van der Waals surface area contributed by atoms with Gasteiger partial charge in [0, 0.05) is 0 Å². The number of nitrogens with zero attached hydrogens (tertiary/aromatic N) is 4. The lowest BCUT2D eigenvalue weighted by molar-refractivity contribution is -0.109. The summed E-state index contributed by atoms with van der Waals surface area (Å²) in [5, 5.41) is 6.85. The van der Waals surface area contributed by atoms with E-state index in [-0.39, 0.29) is 23.3 Å². The molecule has 0 aliphatic heterocycles. The average Bonchev–Trinajstić information content (AvgIpc) is 3.30. The van der Waals surface area contributed by atoms with Gasteiger partial charge in [-0.15, -0.1) is 0 Å². The smallest absolute Gasteiger partial charge is 0.280 e. The Balaban J connectivity index is 1.77. The molecule has 30 heavy (non-hydrogen) atoms. The third-order valence-corrected chi connectivity index (χ3v) is 4.88. The lowest BCUT2D eigenvalue weighted by atomic mass is 9.99. The van der Waals surface area contributed by atoms with Crippen LogP contribution >= 0.6 is 0 Å². The third-order valence-electron chi connectivity index (χ3n) is 4.88. The standard InChI is InChI=1S/C21H18F3N5O/c1-12(6-13-2-4-14(22)5-3-13)7-16(15-8-17(15)26-11-30)19-9-18(20(23)24)28-21-25-10-27-29(19)21/h2-6,9-11,17,20H,7-8H2,1H3,(H,26,30)/b12-6+,16-15-/t17-/m1/s1. The number of benzene rings is 1. The molecule has 3 aromatic rings. The molecule has 0 radical (unpaired) electrons. The van der Waals surface area contributed by atoms with Gasteiger partial charge < -0.3 is 5.32 Å². The molecule has 9 heteroatoms. The first-order valence-electron chi connectivity index (χ1n) is 9.30. The minimum absolute atomic E-state index is 0.0848. The van der Waals surface area contributed by atoms with Crippen LogP contribution in [-0.2, 0) is 4.79 Å². The molecule has 1 aliphatic rings. The number of hydrogen-bond donors (Lipinski definition) is 1. The summed E-state index contributed by atoms with van der Waals surface area (Å²) >= 11 is 0. The summed E-state index contributed by atoms with van der Waals surface area (Å²) in [5.74, 6) is -0.236. The van der Waals surface area contributed by atoms with Crippen LogP contribution in [0, 0.1) is 5.82 Å². The maximum absolute atomic E-state index is 13.4. The molecule has 1 aromatic carbocycles. The number of halogens is 3. The van der Waals surface area contributed by atoms with Crippen LogP contribution in [0.4, 0.5) is 13.2 Å². The largest absolute Gasteiger partial charge is 0.352 e. The van der Waals surface area contributed by atoms with Gasteiger partial charge in [0.05, 0.1) is 11.7 Å². The lowest BCUT2D eigenvalue weighted by Crippen LogP contribution is -2.13. The molecule has 2 heterocycles. The minimum atomic E-state index is -2.75. The van der Waals surface area contributed by atoms with Crippen molar-refractivity contribution in [3.63, 3.8) is 0 Å². The predicted octanol–water partition coefficient (Wildman–Crippen LogP) is 3.97. The zero-order valence-corrected chi connectivity index (χ0v) is 16.0. The SMILES string of the molecule is C/C(=C\c1ccc(F)cc1)C/C(=C1\C[C@H]1NC=O)c1cc(C(F)F)nc2ncnn12. The minimum Gasteiger partial charge on any atom is -0.352 e. The fraction of sp³-hybridized carbons (Fsp3) is 0.238. The second-order valence-electron chi connectivity index (χ2n) is 7.10. The summed E-state index contributed by atoms with van der Waals surface area (Å²) in [6, 6.07) is 7.25. The second kappa shape index (κ2) is 8.10. The van der Waals surface area contributed by atoms with Gasteiger partial charge in [0.2, 0.25) is 6.41 Å². The predicted molar refractivity (Wildman–Crippen MR) is 105 cm³/mol. The Kier molecular flexibility index (Phi) is 5.35. The Morgan fingerprint density at radius 3 is 2.80 bits per heavy atom. The summed E-state index contributed by atoms with van der Waals surface area (Å²) in [6.07, 6.45) is 2.09. The number of amides is 1. The van der Waals surface area contributed by atoms with Crippen molar-refractivity contribution in [3.05, 3.63) is 70.6 Å². The van der Waals surface area contributed by atoms with Crippen LogP contribution in [0.5, 0.6) is 0 Å². The van der Waals surface area contributed by atoms with Gasteiger partial charge in [-0.25, -0.2) is 18.2 Å². The number of alkyl halides is 2. The number of aromatic nitrogens is 4. The normalized spacial score (nSPS) is 18.0. The molecule has 2 aromatic heterocycles. The van der Waals surface area contributed by atoms with Crippen LogP contribution in [0.15, 0.2) is 47.8 Å². The van der Waals surface area contributed by atoms with Gasteiger partial charge in [-0.2, -0.15) is 14.6 Å². The van der Waals surface area contributed by atoms with Crippen molar-refractivity contribution in [2.45, 2.75) is 32.2 Å². The van der Waals surface area contributed by atoms with Crippen molar-refractivity contribution in [1.29, 1.82) is 0 Å². The Hall–Kier alpha value is -3.49. The molecule has 1 aliphatic carbocycles. The van der Waals surface area contributed by atoms with Crippen LogP contribution in [0.25, 0.3) is 17.4 Å². The zero-order chi connectivity index (χ0) is 21.3. The highest BCUT2D eigenvalue weighted by Gasteiger charge is 2.34. The molecule has 1 saturated carbocycles. The highest BCUT2D eigenvalue weighted by molar-refractivity contribution is 5.76. The monoisotopic (exact) mass is 413 g/mol. The highest BCUT2D eigenvalue weighted by Crippen LogP contribution is 2.40. The van der Waals surface area contributed by atoms with Gasteiger partial charge in [-0.3, -0.25) is 4.79 Å². The molecular formula is C21H18F3N5O. The van der Waals surface area contributed by atoms with Crippen molar-refractivity contribution in [3.8, 4) is 0 Å². The summed E-state index contributed by atoms with van der Waals surface area (Å²) in [6.45, 7) is 1.90. The van der Waals surface area contributed by atoms with Crippen LogP contribution < -0.4 is 5.32 Å². The van der Waals surface area contributed by atoms with E-state index in [9.17, 15) is 18.0 Å². The van der Waals surface area contributed by atoms with Crippen LogP contribution in [0.3, 0.4) is 0 Å². The fourth-order valence-electron chi connectivity index (χ4n) is 3.44. The lowest BCUT2D eigenvalue weighted by Gasteiger charge is -2.12. The summed E-state index contributed by atoms with van der Waals surface area (Å²) in [5.41, 5.74) is 3.56. The van der Waals surface area contributed by atoms with E-state index < -0.39 is 6.43 Å². The number of carbonyl (C=O) groups excluding carboxylic acids is 1. The van der Waals surface area contributed by atoms with Crippen molar-refractivity contribution in [1.82, 2.24) is 24.9 Å². The van der Waals surface area contributed by atoms with Crippen molar-refractivity contribution < 1.29 is 18.0 Å². The van der Waals surface area contributed by atoms with E-state index in [1.54, 1.807) is 12.1 Å². The molecular weight excluding hydrogens is 395 g/mol. The maximum atomic E-state index is 13.4. The van der Waals surface area contributed by atoms with E-state index in [2.05, 4.69) is 20.4 Å². The fourth-order valence-corrected chi connectivity index (χ4v) is 3.44. The molecule has 1 atom stereocenters. The van der Waals surface area contributed by atoms with Gasteiger partial charge in [0.15, 0.2) is 0 Å². The Labute approximate surface area is 170 Å². The number of rotatable bonds is 7. The van der Waals surface area contributed by atoms with Crippen molar-refractivity contribution in [2.24, 2.45) is 0 Å². The molecule has 1 N–H and O–H groups in total. The first-order chi connectivity index (χ1) is 14.5. The third kappa shape index (κ3) is 4.10. The van der Waals surface area contributed by atoms with Crippen LogP contribution in [0.1, 0.15) is 43.1 Å². The van der Waals surface area contributed by atoms with Gasteiger partial charge in [0.25, 0.3) is 12.2 Å². The summed E-state index contributed by atoms with van der Waals surface area (Å²) < 4.78 is 41.4. The van der Waals surface area contributed by atoms with E-state index >= 15 is 0 Å². The molecule has 4 rings (SSSR count). The molecule has 0 saturated heterocycles. The Bertz CT molecular complexity index is 1150. The average molecular weight is 413 g/mol. The van der Waals surface area contributed by atoms with Crippen molar-refractivity contribution >= 4 is 23.8 Å². The van der Waals surface area contributed by atoms with E-state index in [0.717, 1.165) is 22.3 Å². The highest BCUT2D eigenvalue weighted by atomic mass is 19.3. The number of carbonyl (C=O) groups is 1. The topological polar surface area (TPSA) is 72.2 Å². The van der Waals surface area contributed by atoms with Gasteiger partial charge in [0.1, 0.15) is 17.8 Å². The number of allylic oxidation sites excluding steroid dienone is 2. The molecule has 1 fully saturated rings. The van der Waals surface area contributed by atoms with Gasteiger partial charge >= 0.3 is 0 Å². The van der Waals surface area contributed by atoms with E-state index in [4.69, 9.17) is 0 Å². The second-order valence-corrected chi connectivity index (χ2v) is 7.10. The molecule has 0 spiro atoms. The van der Waals surface area contributed by atoms with Crippen molar-refractivity contribution in [2.75, 3.05) is 0 Å². The quantitative estimate of drug-likeness (QED) is 0.595. The first kappa shape index (κ1) is 19.8. The van der Waals surface area contributed by atoms with Gasteiger partial charge in [-0.1, -0.05) is 23.8 Å². The van der Waals surface area contributed by atoms with Gasteiger partial charge in [-0.05, 0) is 54.7 Å². The van der Waals surface area contributed by atoms with Crippen LogP contribution in [0.2, 0.25) is 0 Å². The number of hydrogen-bond acceptors (Lipinski definition) is 4. The van der Waals surface area contributed by atoms with E-state index in [0.29, 0.717) is 24.9 Å². The Morgan fingerprint density at radius 2 is 2.10 bits per heavy atom.